The number of nitrogens with zero attached hydrogens (tertiary/aromatic N) is 2. The van der Waals surface area contributed by atoms with Gasteiger partial charge in [-0.2, -0.15) is 5.10 Å². The van der Waals surface area contributed by atoms with Crippen LogP contribution in [-0.2, 0) is 6.61 Å². The minimum atomic E-state index is -0.188. The zero-order valence-corrected chi connectivity index (χ0v) is 16.9. The summed E-state index contributed by atoms with van der Waals surface area (Å²) in [6, 6.07) is 13.7. The third-order valence-electron chi connectivity index (χ3n) is 4.48. The molecule has 0 unspecified atom stereocenters. The van der Waals surface area contributed by atoms with Gasteiger partial charge in [0.2, 0.25) is 5.95 Å². The van der Waals surface area contributed by atoms with E-state index in [4.69, 9.17) is 9.47 Å². The summed E-state index contributed by atoms with van der Waals surface area (Å²) in [6.45, 7) is 5.99. The first kappa shape index (κ1) is 20.1. The quantitative estimate of drug-likeness (QED) is 0.472. The highest BCUT2D eigenvalue weighted by atomic mass is 16.5. The van der Waals surface area contributed by atoms with Crippen LogP contribution in [0.4, 0.5) is 5.95 Å². The fourth-order valence-electron chi connectivity index (χ4n) is 2.60. The molecule has 0 radical (unpaired) electrons. The number of hydrogen-bond donors (Lipinski definition) is 2. The maximum Gasteiger partial charge on any atom is 0.255 e. The number of ether oxygens (including phenoxy) is 2. The van der Waals surface area contributed by atoms with Crippen molar-refractivity contribution in [2.45, 2.75) is 27.4 Å². The monoisotopic (exact) mass is 392 g/mol. The van der Waals surface area contributed by atoms with Crippen LogP contribution in [0, 0.1) is 20.8 Å². The van der Waals surface area contributed by atoms with Crippen molar-refractivity contribution in [2.75, 3.05) is 12.5 Å². The van der Waals surface area contributed by atoms with Gasteiger partial charge in [-0.15, -0.1) is 0 Å². The number of anilines is 1. The molecule has 150 valence electrons. The molecule has 0 aliphatic heterocycles. The van der Waals surface area contributed by atoms with Crippen LogP contribution in [0.15, 0.2) is 52.4 Å². The van der Waals surface area contributed by atoms with Gasteiger partial charge in [0.15, 0.2) is 11.5 Å². The number of rotatable bonds is 7. The fourth-order valence-corrected chi connectivity index (χ4v) is 2.60. The van der Waals surface area contributed by atoms with Crippen molar-refractivity contribution in [1.29, 1.82) is 0 Å². The Morgan fingerprint density at radius 2 is 1.86 bits per heavy atom. The Labute approximate surface area is 169 Å². The number of aromatic nitrogens is 2. The van der Waals surface area contributed by atoms with Crippen molar-refractivity contribution in [3.63, 3.8) is 0 Å². The maximum absolute atomic E-state index is 11.8. The number of nitrogens with one attached hydrogen (secondary N) is 2. The molecule has 2 N–H and O–H groups in total. The summed E-state index contributed by atoms with van der Waals surface area (Å²) in [4.78, 5) is 18.7. The molecule has 0 aliphatic rings. The van der Waals surface area contributed by atoms with Crippen LogP contribution in [0.25, 0.3) is 0 Å². The first-order valence-electron chi connectivity index (χ1n) is 9.19. The van der Waals surface area contributed by atoms with E-state index < -0.39 is 0 Å². The molecule has 0 saturated carbocycles. The predicted molar refractivity (Wildman–Crippen MR) is 114 cm³/mol. The zero-order valence-electron chi connectivity index (χ0n) is 16.9. The first-order valence-corrected chi connectivity index (χ1v) is 9.19. The maximum atomic E-state index is 11.8. The molecule has 0 saturated heterocycles. The number of aromatic amines is 1. The van der Waals surface area contributed by atoms with Crippen LogP contribution in [0.2, 0.25) is 0 Å². The average molecular weight is 392 g/mol. The fraction of sp³-hybridized carbons (Fsp3) is 0.227. The van der Waals surface area contributed by atoms with E-state index in [0.717, 1.165) is 11.1 Å². The molecule has 0 amide bonds. The highest BCUT2D eigenvalue weighted by molar-refractivity contribution is 5.81. The Morgan fingerprint density at radius 3 is 2.55 bits per heavy atom. The lowest BCUT2D eigenvalue weighted by Gasteiger charge is -2.11. The Balaban J connectivity index is 1.71. The van der Waals surface area contributed by atoms with Gasteiger partial charge < -0.3 is 9.47 Å². The highest BCUT2D eigenvalue weighted by Crippen LogP contribution is 2.28. The van der Waals surface area contributed by atoms with Crippen molar-refractivity contribution in [2.24, 2.45) is 5.10 Å². The lowest BCUT2D eigenvalue weighted by molar-refractivity contribution is 0.284. The van der Waals surface area contributed by atoms with E-state index in [1.807, 2.05) is 37.3 Å². The summed E-state index contributed by atoms with van der Waals surface area (Å²) < 4.78 is 11.3. The van der Waals surface area contributed by atoms with Crippen molar-refractivity contribution >= 4 is 12.2 Å². The van der Waals surface area contributed by atoms with Gasteiger partial charge in [-0.3, -0.25) is 9.78 Å². The lowest BCUT2D eigenvalue weighted by Crippen LogP contribution is -2.15. The van der Waals surface area contributed by atoms with Gasteiger partial charge in [0.25, 0.3) is 5.56 Å². The smallest absolute Gasteiger partial charge is 0.255 e. The number of hydrazone groups is 1. The molecular formula is C22H24N4O3. The van der Waals surface area contributed by atoms with Crippen LogP contribution >= 0.6 is 0 Å². The Hall–Kier alpha value is -3.61. The Bertz CT molecular complexity index is 1070. The molecule has 3 rings (SSSR count). The summed E-state index contributed by atoms with van der Waals surface area (Å²) in [7, 11) is 1.60. The zero-order chi connectivity index (χ0) is 20.8. The van der Waals surface area contributed by atoms with Crippen LogP contribution < -0.4 is 20.5 Å². The largest absolute Gasteiger partial charge is 0.493 e. The molecule has 0 aliphatic carbocycles. The molecule has 0 fully saturated rings. The second kappa shape index (κ2) is 9.05. The first-order chi connectivity index (χ1) is 14.0. The summed E-state index contributed by atoms with van der Waals surface area (Å²) in [5, 5.41) is 4.14. The van der Waals surface area contributed by atoms with Gasteiger partial charge in [0.1, 0.15) is 6.61 Å². The van der Waals surface area contributed by atoms with Crippen LogP contribution in [0.5, 0.6) is 11.5 Å². The SMILES string of the molecule is COc1ccc(/C=N\Nc2nc(C)c(C)c(=O)[nH]2)cc1OCc1ccc(C)cc1. The molecule has 1 heterocycles. The minimum absolute atomic E-state index is 0.188. The second-order valence-corrected chi connectivity index (χ2v) is 6.68. The third-order valence-corrected chi connectivity index (χ3v) is 4.48. The minimum Gasteiger partial charge on any atom is -0.493 e. The summed E-state index contributed by atoms with van der Waals surface area (Å²) in [6.07, 6.45) is 1.62. The molecule has 0 bridgehead atoms. The van der Waals surface area contributed by atoms with Crippen molar-refractivity contribution in [1.82, 2.24) is 9.97 Å². The van der Waals surface area contributed by atoms with Gasteiger partial charge in [0, 0.05) is 11.3 Å². The van der Waals surface area contributed by atoms with Crippen LogP contribution in [0.3, 0.4) is 0 Å². The van der Waals surface area contributed by atoms with E-state index >= 15 is 0 Å². The molecule has 0 atom stereocenters. The van der Waals surface area contributed by atoms with E-state index in [2.05, 4.69) is 32.6 Å². The van der Waals surface area contributed by atoms with E-state index in [0.29, 0.717) is 35.3 Å². The van der Waals surface area contributed by atoms with Crippen molar-refractivity contribution in [3.8, 4) is 11.5 Å². The molecule has 3 aromatic rings. The topological polar surface area (TPSA) is 88.6 Å². The van der Waals surface area contributed by atoms with Gasteiger partial charge in [-0.05, 0) is 50.1 Å². The highest BCUT2D eigenvalue weighted by Gasteiger charge is 2.06. The van der Waals surface area contributed by atoms with Gasteiger partial charge in [-0.25, -0.2) is 10.4 Å². The van der Waals surface area contributed by atoms with Gasteiger partial charge in [0.05, 0.1) is 13.3 Å². The summed E-state index contributed by atoms with van der Waals surface area (Å²) >= 11 is 0. The molecule has 29 heavy (non-hydrogen) atoms. The molecule has 1 aromatic heterocycles. The van der Waals surface area contributed by atoms with Crippen LogP contribution in [-0.4, -0.2) is 23.3 Å². The predicted octanol–water partition coefficient (Wildman–Crippen LogP) is 3.73. The van der Waals surface area contributed by atoms with E-state index in [-0.39, 0.29) is 5.56 Å². The number of hydrogen-bond acceptors (Lipinski definition) is 6. The molecule has 7 heteroatoms. The van der Waals surface area contributed by atoms with Crippen molar-refractivity contribution < 1.29 is 9.47 Å². The number of methoxy groups -OCH3 is 1. The number of H-pyrrole nitrogens is 1. The van der Waals surface area contributed by atoms with Crippen molar-refractivity contribution in [3.05, 3.63) is 80.8 Å². The standard InChI is InChI=1S/C22H24N4O3/c1-14-5-7-17(8-6-14)13-29-20-11-18(9-10-19(20)28-4)12-23-26-22-24-16(3)15(2)21(27)25-22/h5-12H,13H2,1-4H3,(H2,24,25,26,27)/b23-12-. The molecular weight excluding hydrogens is 368 g/mol. The number of benzene rings is 2. The third kappa shape index (κ3) is 5.22. The lowest BCUT2D eigenvalue weighted by atomic mass is 10.1. The molecule has 2 aromatic carbocycles. The van der Waals surface area contributed by atoms with Crippen LogP contribution in [0.1, 0.15) is 27.9 Å². The molecule has 7 nitrogen and oxygen atoms in total. The van der Waals surface area contributed by atoms with E-state index in [1.165, 1.54) is 5.56 Å². The molecule has 0 spiro atoms. The second-order valence-electron chi connectivity index (χ2n) is 6.68. The average Bonchev–Trinajstić information content (AvgIpc) is 2.71. The van der Waals surface area contributed by atoms with E-state index in [1.54, 1.807) is 27.2 Å². The number of aryl methyl sites for hydroxylation is 2. The summed E-state index contributed by atoms with van der Waals surface area (Å²) in [5.74, 6) is 1.55. The Kier molecular flexibility index (Phi) is 6.29. The summed E-state index contributed by atoms with van der Waals surface area (Å²) in [5.41, 5.74) is 6.88. The Morgan fingerprint density at radius 1 is 1.10 bits per heavy atom. The normalized spacial score (nSPS) is 10.9. The van der Waals surface area contributed by atoms with Gasteiger partial charge >= 0.3 is 0 Å². The van der Waals surface area contributed by atoms with E-state index in [9.17, 15) is 4.79 Å². The van der Waals surface area contributed by atoms with Gasteiger partial charge in [-0.1, -0.05) is 29.8 Å².